The molecule has 0 amide bonds. The first-order valence-corrected chi connectivity index (χ1v) is 7.36. The number of nitrogens with zero attached hydrogens (tertiary/aromatic N) is 3. The maximum Gasteiger partial charge on any atom is 0.136 e. The Morgan fingerprint density at radius 2 is 2.32 bits per heavy atom. The molecule has 2 aromatic heterocycles. The predicted octanol–water partition coefficient (Wildman–Crippen LogP) is 2.10. The molecule has 0 unspecified atom stereocenters. The number of likely N-dealkylation sites (N-methyl/N-ethyl adjacent to an activating group) is 1. The summed E-state index contributed by atoms with van der Waals surface area (Å²) in [5.41, 5.74) is 7.57. The summed E-state index contributed by atoms with van der Waals surface area (Å²) in [5, 5.41) is 6.51. The van der Waals surface area contributed by atoms with Gasteiger partial charge in [0.1, 0.15) is 10.8 Å². The lowest BCUT2D eigenvalue weighted by molar-refractivity contribution is 0.725. The van der Waals surface area contributed by atoms with Crippen LogP contribution in [0.1, 0.15) is 16.1 Å². The van der Waals surface area contributed by atoms with E-state index in [0.717, 1.165) is 30.0 Å². The van der Waals surface area contributed by atoms with E-state index < -0.39 is 0 Å². The molecule has 0 spiro atoms. The van der Waals surface area contributed by atoms with Crippen LogP contribution in [0.2, 0.25) is 0 Å². The van der Waals surface area contributed by atoms with E-state index in [-0.39, 0.29) is 0 Å². The number of thiocarbonyl (C=S) groups is 1. The van der Waals surface area contributed by atoms with Crippen LogP contribution in [0.3, 0.4) is 0 Å². The molecule has 2 heterocycles. The van der Waals surface area contributed by atoms with Gasteiger partial charge in [-0.2, -0.15) is 5.10 Å². The van der Waals surface area contributed by atoms with Gasteiger partial charge in [-0.15, -0.1) is 11.3 Å². The van der Waals surface area contributed by atoms with Crippen molar-refractivity contribution < 1.29 is 0 Å². The van der Waals surface area contributed by atoms with E-state index in [9.17, 15) is 0 Å². The van der Waals surface area contributed by atoms with Gasteiger partial charge in [0, 0.05) is 25.5 Å². The van der Waals surface area contributed by atoms with Gasteiger partial charge in [-0.3, -0.25) is 4.68 Å². The first-order valence-electron chi connectivity index (χ1n) is 6.07. The molecule has 102 valence electrons. The van der Waals surface area contributed by atoms with E-state index in [2.05, 4.69) is 27.5 Å². The highest BCUT2D eigenvalue weighted by Crippen LogP contribution is 2.22. The van der Waals surface area contributed by atoms with Crippen LogP contribution in [0.4, 0.5) is 5.82 Å². The van der Waals surface area contributed by atoms with Crippen molar-refractivity contribution in [3.05, 3.63) is 33.6 Å². The Morgan fingerprint density at radius 1 is 1.58 bits per heavy atom. The molecule has 0 aliphatic rings. The van der Waals surface area contributed by atoms with Crippen LogP contribution in [0.5, 0.6) is 0 Å². The highest BCUT2D eigenvalue weighted by atomic mass is 32.1. The molecule has 19 heavy (non-hydrogen) atoms. The van der Waals surface area contributed by atoms with Crippen molar-refractivity contribution in [3.63, 3.8) is 0 Å². The van der Waals surface area contributed by atoms with Crippen molar-refractivity contribution in [1.29, 1.82) is 0 Å². The first kappa shape index (κ1) is 14.0. The number of aryl methyl sites for hydroxylation is 2. The summed E-state index contributed by atoms with van der Waals surface area (Å²) in [4.78, 5) is 3.94. The zero-order chi connectivity index (χ0) is 14.0. The molecule has 0 aliphatic carbocycles. The topological polar surface area (TPSA) is 47.1 Å². The highest BCUT2D eigenvalue weighted by Gasteiger charge is 2.18. The second kappa shape index (κ2) is 5.71. The molecule has 2 aromatic rings. The Morgan fingerprint density at radius 3 is 2.89 bits per heavy atom. The summed E-state index contributed by atoms with van der Waals surface area (Å²) in [6.45, 7) is 2.85. The quantitative estimate of drug-likeness (QED) is 0.858. The smallest absolute Gasteiger partial charge is 0.136 e. The summed E-state index contributed by atoms with van der Waals surface area (Å²) >= 11 is 6.91. The number of nitrogens with two attached hydrogens (primary N) is 1. The van der Waals surface area contributed by atoms with E-state index in [1.54, 1.807) is 11.3 Å². The Bertz CT molecular complexity index is 572. The van der Waals surface area contributed by atoms with Crippen LogP contribution in [-0.2, 0) is 13.5 Å². The van der Waals surface area contributed by atoms with E-state index in [1.807, 2.05) is 25.7 Å². The fourth-order valence-corrected chi connectivity index (χ4v) is 3.15. The summed E-state index contributed by atoms with van der Waals surface area (Å²) in [6.07, 6.45) is 1.01. The summed E-state index contributed by atoms with van der Waals surface area (Å²) in [7, 11) is 3.97. The lowest BCUT2D eigenvalue weighted by Gasteiger charge is -2.20. The van der Waals surface area contributed by atoms with Crippen LogP contribution in [0, 0.1) is 6.92 Å². The van der Waals surface area contributed by atoms with Gasteiger partial charge in [-0.1, -0.05) is 18.3 Å². The molecule has 0 saturated heterocycles. The van der Waals surface area contributed by atoms with Crippen LogP contribution in [0.25, 0.3) is 0 Å². The van der Waals surface area contributed by atoms with Crippen LogP contribution >= 0.6 is 23.6 Å². The fourth-order valence-electron chi connectivity index (χ4n) is 2.21. The monoisotopic (exact) mass is 294 g/mol. The number of rotatable bonds is 5. The summed E-state index contributed by atoms with van der Waals surface area (Å²) < 4.78 is 1.85. The number of anilines is 1. The molecule has 4 nitrogen and oxygen atoms in total. The summed E-state index contributed by atoms with van der Waals surface area (Å²) in [6, 6.07) is 4.23. The fraction of sp³-hybridized carbons (Fsp3) is 0.385. The molecule has 0 saturated carbocycles. The second-order valence-corrected chi connectivity index (χ2v) is 5.99. The van der Waals surface area contributed by atoms with Crippen LogP contribution < -0.4 is 10.6 Å². The molecule has 2 rings (SSSR count). The number of thiophene rings is 1. The number of aromatic nitrogens is 2. The minimum absolute atomic E-state index is 0.406. The van der Waals surface area contributed by atoms with Gasteiger partial charge < -0.3 is 10.6 Å². The van der Waals surface area contributed by atoms with Crippen molar-refractivity contribution in [3.8, 4) is 0 Å². The van der Waals surface area contributed by atoms with E-state index in [1.165, 1.54) is 4.88 Å². The lowest BCUT2D eigenvalue weighted by Crippen LogP contribution is -2.25. The molecule has 0 radical (unpaired) electrons. The average molecular weight is 294 g/mol. The SMILES string of the molecule is Cc1nn(C)c(N(C)CCc2cccs2)c1C(N)=S. The van der Waals surface area contributed by atoms with Gasteiger partial charge >= 0.3 is 0 Å². The Labute approximate surface area is 122 Å². The minimum atomic E-state index is 0.406. The highest BCUT2D eigenvalue weighted by molar-refractivity contribution is 7.80. The first-order chi connectivity index (χ1) is 9.00. The van der Waals surface area contributed by atoms with E-state index >= 15 is 0 Å². The average Bonchev–Trinajstić information content (AvgIpc) is 2.93. The third kappa shape index (κ3) is 2.96. The van der Waals surface area contributed by atoms with Gasteiger partial charge in [-0.05, 0) is 24.8 Å². The molecule has 0 fully saturated rings. The van der Waals surface area contributed by atoms with Crippen molar-refractivity contribution in [2.24, 2.45) is 12.8 Å². The van der Waals surface area contributed by atoms with Crippen molar-refractivity contribution in [2.75, 3.05) is 18.5 Å². The maximum atomic E-state index is 5.81. The second-order valence-electron chi connectivity index (χ2n) is 4.52. The van der Waals surface area contributed by atoms with Crippen molar-refractivity contribution in [2.45, 2.75) is 13.3 Å². The molecule has 0 bridgehead atoms. The molecular weight excluding hydrogens is 276 g/mol. The Hall–Kier alpha value is -1.40. The van der Waals surface area contributed by atoms with Gasteiger partial charge in [0.15, 0.2) is 0 Å². The van der Waals surface area contributed by atoms with E-state index in [0.29, 0.717) is 4.99 Å². The third-order valence-corrected chi connectivity index (χ3v) is 4.21. The van der Waals surface area contributed by atoms with Crippen molar-refractivity contribution in [1.82, 2.24) is 9.78 Å². The Kier molecular flexibility index (Phi) is 4.21. The number of hydrogen-bond acceptors (Lipinski definition) is 4. The third-order valence-electron chi connectivity index (χ3n) is 3.07. The predicted molar refractivity (Wildman–Crippen MR) is 85.1 cm³/mol. The Balaban J connectivity index is 2.18. The van der Waals surface area contributed by atoms with Gasteiger partial charge in [0.05, 0.1) is 11.3 Å². The molecule has 0 atom stereocenters. The number of hydrogen-bond donors (Lipinski definition) is 1. The minimum Gasteiger partial charge on any atom is -0.389 e. The van der Waals surface area contributed by atoms with Crippen LogP contribution in [0.15, 0.2) is 17.5 Å². The largest absolute Gasteiger partial charge is 0.389 e. The van der Waals surface area contributed by atoms with Crippen LogP contribution in [-0.4, -0.2) is 28.4 Å². The van der Waals surface area contributed by atoms with Gasteiger partial charge in [0.2, 0.25) is 0 Å². The molecule has 6 heteroatoms. The zero-order valence-corrected chi connectivity index (χ0v) is 13.0. The molecule has 2 N–H and O–H groups in total. The lowest BCUT2D eigenvalue weighted by atomic mass is 10.2. The molecule has 0 aromatic carbocycles. The normalized spacial score (nSPS) is 10.7. The standard InChI is InChI=1S/C13H18N4S2/c1-9-11(12(14)18)13(17(3)15-9)16(2)7-6-10-5-4-8-19-10/h4-5,8H,6-7H2,1-3H3,(H2,14,18). The van der Waals surface area contributed by atoms with E-state index in [4.69, 9.17) is 18.0 Å². The van der Waals surface area contributed by atoms with Crippen molar-refractivity contribution >= 4 is 34.4 Å². The zero-order valence-electron chi connectivity index (χ0n) is 11.4. The molecular formula is C13H18N4S2. The van der Waals surface area contributed by atoms with Gasteiger partial charge in [0.25, 0.3) is 0 Å². The van der Waals surface area contributed by atoms with Gasteiger partial charge in [-0.25, -0.2) is 0 Å². The summed E-state index contributed by atoms with van der Waals surface area (Å²) in [5.74, 6) is 0.988. The molecule has 0 aliphatic heterocycles. The maximum absolute atomic E-state index is 5.81.